The van der Waals surface area contributed by atoms with Crippen LogP contribution >= 0.6 is 11.3 Å². The molecule has 3 nitrogen and oxygen atoms in total. The van der Waals surface area contributed by atoms with Gasteiger partial charge in [-0.2, -0.15) is 5.10 Å². The van der Waals surface area contributed by atoms with Gasteiger partial charge in [-0.1, -0.05) is 0 Å². The summed E-state index contributed by atoms with van der Waals surface area (Å²) in [6.45, 7) is 2.00. The van der Waals surface area contributed by atoms with Crippen molar-refractivity contribution in [1.29, 1.82) is 0 Å². The minimum Gasteiger partial charge on any atom is -0.324 e. The molecule has 0 amide bonds. The Bertz CT molecular complexity index is 428. The molecule has 1 atom stereocenters. The van der Waals surface area contributed by atoms with Gasteiger partial charge in [-0.3, -0.25) is 4.68 Å². The van der Waals surface area contributed by atoms with Crippen LogP contribution in [0.25, 0.3) is 10.4 Å². The van der Waals surface area contributed by atoms with Crippen molar-refractivity contribution in [2.75, 3.05) is 0 Å². The molecule has 2 N–H and O–H groups in total. The smallest absolute Gasteiger partial charge is 0.0576 e. The van der Waals surface area contributed by atoms with E-state index < -0.39 is 0 Å². The van der Waals surface area contributed by atoms with Crippen LogP contribution in [0.4, 0.5) is 0 Å². The van der Waals surface area contributed by atoms with E-state index in [9.17, 15) is 0 Å². The third-order valence-electron chi connectivity index (χ3n) is 2.06. The summed E-state index contributed by atoms with van der Waals surface area (Å²) < 4.78 is 1.81. The second-order valence-electron chi connectivity index (χ2n) is 3.39. The van der Waals surface area contributed by atoms with Gasteiger partial charge in [0.05, 0.1) is 6.20 Å². The summed E-state index contributed by atoms with van der Waals surface area (Å²) in [5, 5.41) is 4.14. The van der Waals surface area contributed by atoms with Crippen molar-refractivity contribution in [1.82, 2.24) is 9.78 Å². The van der Waals surface area contributed by atoms with Crippen LogP contribution in [0.1, 0.15) is 17.8 Å². The van der Waals surface area contributed by atoms with Crippen LogP contribution in [0.2, 0.25) is 0 Å². The molecule has 0 aliphatic rings. The molecule has 0 aromatic carbocycles. The molecule has 0 radical (unpaired) electrons. The maximum absolute atomic E-state index is 5.80. The minimum absolute atomic E-state index is 0.116. The van der Waals surface area contributed by atoms with Gasteiger partial charge in [0.15, 0.2) is 0 Å². The highest BCUT2D eigenvalue weighted by atomic mass is 32.1. The molecule has 2 rings (SSSR count). The van der Waals surface area contributed by atoms with Crippen LogP contribution in [-0.2, 0) is 7.05 Å². The molecule has 0 spiro atoms. The number of thiophene rings is 1. The molecule has 0 aliphatic heterocycles. The Hall–Kier alpha value is -1.13. The predicted molar refractivity (Wildman–Crippen MR) is 59.1 cm³/mol. The van der Waals surface area contributed by atoms with Gasteiger partial charge in [-0.25, -0.2) is 0 Å². The largest absolute Gasteiger partial charge is 0.324 e. The molecular weight excluding hydrogens is 194 g/mol. The van der Waals surface area contributed by atoms with E-state index in [1.54, 1.807) is 16.0 Å². The first-order valence-corrected chi connectivity index (χ1v) is 5.33. The zero-order chi connectivity index (χ0) is 10.1. The first-order valence-electron chi connectivity index (χ1n) is 4.51. The van der Waals surface area contributed by atoms with Crippen LogP contribution in [0, 0.1) is 0 Å². The number of aromatic nitrogens is 2. The monoisotopic (exact) mass is 207 g/mol. The van der Waals surface area contributed by atoms with Gasteiger partial charge in [0.25, 0.3) is 0 Å². The second-order valence-corrected chi connectivity index (χ2v) is 4.51. The van der Waals surface area contributed by atoms with E-state index in [4.69, 9.17) is 5.73 Å². The van der Waals surface area contributed by atoms with E-state index in [0.717, 1.165) is 5.56 Å². The molecule has 14 heavy (non-hydrogen) atoms. The number of nitrogens with two attached hydrogens (primary N) is 1. The molecule has 0 saturated heterocycles. The van der Waals surface area contributed by atoms with E-state index in [1.807, 2.05) is 26.4 Å². The average molecular weight is 207 g/mol. The molecule has 2 heterocycles. The Labute approximate surface area is 87.2 Å². The topological polar surface area (TPSA) is 43.8 Å². The quantitative estimate of drug-likeness (QED) is 0.820. The first kappa shape index (κ1) is 9.43. The van der Waals surface area contributed by atoms with Crippen LogP contribution in [0.3, 0.4) is 0 Å². The van der Waals surface area contributed by atoms with Gasteiger partial charge in [-0.15, -0.1) is 11.3 Å². The van der Waals surface area contributed by atoms with E-state index in [0.29, 0.717) is 0 Å². The second kappa shape index (κ2) is 3.55. The molecule has 0 fully saturated rings. The maximum Gasteiger partial charge on any atom is 0.0576 e. The van der Waals surface area contributed by atoms with E-state index in [1.165, 1.54) is 9.75 Å². The molecule has 2 aromatic rings. The Kier molecular flexibility index (Phi) is 2.39. The van der Waals surface area contributed by atoms with Gasteiger partial charge in [0.1, 0.15) is 0 Å². The normalized spacial score (nSPS) is 13.1. The van der Waals surface area contributed by atoms with E-state index >= 15 is 0 Å². The molecule has 74 valence electrons. The number of hydrogen-bond donors (Lipinski definition) is 1. The van der Waals surface area contributed by atoms with Crippen molar-refractivity contribution >= 4 is 11.3 Å². The molecule has 0 saturated carbocycles. The van der Waals surface area contributed by atoms with Crippen LogP contribution < -0.4 is 5.73 Å². The van der Waals surface area contributed by atoms with Crippen molar-refractivity contribution in [3.8, 4) is 10.4 Å². The Morgan fingerprint density at radius 2 is 2.29 bits per heavy atom. The van der Waals surface area contributed by atoms with Crippen LogP contribution in [0.5, 0.6) is 0 Å². The zero-order valence-corrected chi connectivity index (χ0v) is 9.08. The summed E-state index contributed by atoms with van der Waals surface area (Å²) >= 11 is 1.73. The maximum atomic E-state index is 5.80. The Balaban J connectivity index is 2.33. The summed E-state index contributed by atoms with van der Waals surface area (Å²) in [6, 6.07) is 4.29. The van der Waals surface area contributed by atoms with Crippen LogP contribution in [0.15, 0.2) is 24.5 Å². The van der Waals surface area contributed by atoms with Crippen LogP contribution in [-0.4, -0.2) is 9.78 Å². The lowest BCUT2D eigenvalue weighted by atomic mass is 10.2. The highest BCUT2D eigenvalue weighted by molar-refractivity contribution is 7.15. The van der Waals surface area contributed by atoms with Gasteiger partial charge in [0, 0.05) is 34.6 Å². The molecular formula is C10H13N3S. The molecule has 2 aromatic heterocycles. The summed E-state index contributed by atoms with van der Waals surface area (Å²) in [7, 11) is 1.92. The lowest BCUT2D eigenvalue weighted by molar-refractivity contribution is 0.768. The highest BCUT2D eigenvalue weighted by Gasteiger charge is 2.06. The van der Waals surface area contributed by atoms with E-state index in [2.05, 4.69) is 17.2 Å². The zero-order valence-electron chi connectivity index (χ0n) is 8.27. The number of aryl methyl sites for hydroxylation is 1. The number of hydrogen-bond acceptors (Lipinski definition) is 3. The Morgan fingerprint density at radius 1 is 1.50 bits per heavy atom. The molecule has 4 heteroatoms. The lowest BCUT2D eigenvalue weighted by Gasteiger charge is -1.97. The standard InChI is InChI=1S/C10H13N3S/c1-7(11)9-3-4-10(14-9)8-5-12-13(2)6-8/h3-7H,11H2,1-2H3. The molecule has 0 bridgehead atoms. The number of nitrogens with zero attached hydrogens (tertiary/aromatic N) is 2. The summed E-state index contributed by atoms with van der Waals surface area (Å²) in [5.74, 6) is 0. The van der Waals surface area contributed by atoms with Gasteiger partial charge in [0.2, 0.25) is 0 Å². The van der Waals surface area contributed by atoms with Crippen molar-refractivity contribution in [2.45, 2.75) is 13.0 Å². The van der Waals surface area contributed by atoms with Gasteiger partial charge in [-0.05, 0) is 19.1 Å². The summed E-state index contributed by atoms with van der Waals surface area (Å²) in [4.78, 5) is 2.44. The summed E-state index contributed by atoms with van der Waals surface area (Å²) in [6.07, 6.45) is 3.88. The third-order valence-corrected chi connectivity index (χ3v) is 3.40. The molecule has 0 aliphatic carbocycles. The average Bonchev–Trinajstić information content (AvgIpc) is 2.70. The third kappa shape index (κ3) is 1.71. The van der Waals surface area contributed by atoms with E-state index in [-0.39, 0.29) is 6.04 Å². The predicted octanol–water partition coefficient (Wildman–Crippen LogP) is 2.17. The number of rotatable bonds is 2. The SMILES string of the molecule is CC(N)c1ccc(-c2cnn(C)c2)s1. The fourth-order valence-electron chi connectivity index (χ4n) is 1.30. The van der Waals surface area contributed by atoms with Gasteiger partial charge >= 0.3 is 0 Å². The van der Waals surface area contributed by atoms with Crippen molar-refractivity contribution in [2.24, 2.45) is 12.8 Å². The fraction of sp³-hybridized carbons (Fsp3) is 0.300. The lowest BCUT2D eigenvalue weighted by Crippen LogP contribution is -2.01. The fourth-order valence-corrected chi connectivity index (χ4v) is 2.24. The molecule has 1 unspecified atom stereocenters. The van der Waals surface area contributed by atoms with Crippen molar-refractivity contribution in [3.05, 3.63) is 29.4 Å². The Morgan fingerprint density at radius 3 is 2.79 bits per heavy atom. The first-order chi connectivity index (χ1) is 6.66. The summed E-state index contributed by atoms with van der Waals surface area (Å²) in [5.41, 5.74) is 6.96. The van der Waals surface area contributed by atoms with Crippen molar-refractivity contribution in [3.63, 3.8) is 0 Å². The highest BCUT2D eigenvalue weighted by Crippen LogP contribution is 2.29. The minimum atomic E-state index is 0.116. The van der Waals surface area contributed by atoms with Crippen molar-refractivity contribution < 1.29 is 0 Å². The van der Waals surface area contributed by atoms with Gasteiger partial charge < -0.3 is 5.73 Å².